The van der Waals surface area contributed by atoms with E-state index in [2.05, 4.69) is 0 Å². The van der Waals surface area contributed by atoms with Gasteiger partial charge in [-0.2, -0.15) is 0 Å². The molecule has 1 aliphatic rings. The largest absolute Gasteiger partial charge is 0.506 e. The minimum atomic E-state index is -0.979. The Hall–Kier alpha value is -1.79. The molecule has 21 heavy (non-hydrogen) atoms. The number of nitrogens with zero attached hydrogens (tertiary/aromatic N) is 1. The molecule has 114 valence electrons. The molecule has 0 radical (unpaired) electrons. The second-order valence-corrected chi connectivity index (χ2v) is 5.21. The van der Waals surface area contributed by atoms with Crippen LogP contribution in [0.3, 0.4) is 0 Å². The zero-order chi connectivity index (χ0) is 15.6. The van der Waals surface area contributed by atoms with Gasteiger partial charge in [0.25, 0.3) is 5.91 Å². The van der Waals surface area contributed by atoms with E-state index >= 15 is 0 Å². The van der Waals surface area contributed by atoms with Crippen LogP contribution in [0.15, 0.2) is 18.2 Å². The van der Waals surface area contributed by atoms with Crippen LogP contribution >= 0.6 is 11.6 Å². The van der Waals surface area contributed by atoms with E-state index in [1.165, 1.54) is 23.1 Å². The fraction of sp³-hybridized carbons (Fsp3) is 0.429. The van der Waals surface area contributed by atoms with Crippen molar-refractivity contribution in [3.05, 3.63) is 28.8 Å². The van der Waals surface area contributed by atoms with E-state index in [9.17, 15) is 19.8 Å². The van der Waals surface area contributed by atoms with Crippen LogP contribution in [0.25, 0.3) is 0 Å². The molecule has 7 heteroatoms. The Morgan fingerprint density at radius 3 is 2.71 bits per heavy atom. The Labute approximate surface area is 126 Å². The van der Waals surface area contributed by atoms with Gasteiger partial charge in [-0.05, 0) is 25.1 Å². The molecular formula is C14H16ClNO5. The predicted octanol–water partition coefficient (Wildman–Crippen LogP) is 1.61. The number of benzene rings is 1. The Morgan fingerprint density at radius 2 is 2.14 bits per heavy atom. The molecule has 0 saturated carbocycles. The van der Waals surface area contributed by atoms with Crippen LogP contribution in [-0.2, 0) is 9.53 Å². The number of halogens is 1. The van der Waals surface area contributed by atoms with E-state index in [1.807, 2.05) is 0 Å². The molecule has 1 aromatic rings. The lowest BCUT2D eigenvalue weighted by Gasteiger charge is -2.29. The van der Waals surface area contributed by atoms with E-state index < -0.39 is 17.9 Å². The zero-order valence-corrected chi connectivity index (χ0v) is 12.2. The third-order valence-corrected chi connectivity index (χ3v) is 3.87. The van der Waals surface area contributed by atoms with Crippen molar-refractivity contribution in [2.75, 3.05) is 19.8 Å². The van der Waals surface area contributed by atoms with Crippen molar-refractivity contribution in [1.29, 1.82) is 0 Å². The highest BCUT2D eigenvalue weighted by Crippen LogP contribution is 2.26. The Morgan fingerprint density at radius 1 is 1.43 bits per heavy atom. The molecule has 1 fully saturated rings. The normalized spacial score (nSPS) is 21.2. The summed E-state index contributed by atoms with van der Waals surface area (Å²) in [5, 5.41) is 18.7. The number of hydrogen-bond donors (Lipinski definition) is 2. The van der Waals surface area contributed by atoms with Crippen molar-refractivity contribution >= 4 is 23.5 Å². The standard InChI is InChI=1S/C14H16ClNO5/c1-2-16(11-7-21-6-9(11)14(19)20)13(18)8-3-4-12(17)10(15)5-8/h3-5,9,11,17H,2,6-7H2,1H3,(H,19,20). The number of carboxylic acids is 1. The second-order valence-electron chi connectivity index (χ2n) is 4.81. The number of hydrogen-bond acceptors (Lipinski definition) is 4. The molecule has 0 aromatic heterocycles. The summed E-state index contributed by atoms with van der Waals surface area (Å²) in [7, 11) is 0. The van der Waals surface area contributed by atoms with Gasteiger partial charge in [-0.25, -0.2) is 0 Å². The second kappa shape index (κ2) is 6.32. The number of phenols is 1. The van der Waals surface area contributed by atoms with Gasteiger partial charge in [0.15, 0.2) is 0 Å². The number of ether oxygens (including phenoxy) is 1. The Bertz CT molecular complexity index is 562. The van der Waals surface area contributed by atoms with E-state index in [1.54, 1.807) is 6.92 Å². The number of rotatable bonds is 4. The first kappa shape index (κ1) is 15.6. The van der Waals surface area contributed by atoms with Crippen LogP contribution in [0, 0.1) is 5.92 Å². The monoisotopic (exact) mass is 313 g/mol. The molecule has 0 aliphatic carbocycles. The summed E-state index contributed by atoms with van der Waals surface area (Å²) in [6, 6.07) is 3.65. The number of likely N-dealkylation sites (N-methyl/N-ethyl adjacent to an activating group) is 1. The number of carboxylic acid groups (broad SMARTS) is 1. The highest BCUT2D eigenvalue weighted by molar-refractivity contribution is 6.32. The van der Waals surface area contributed by atoms with Gasteiger partial charge in [-0.1, -0.05) is 11.6 Å². The van der Waals surface area contributed by atoms with Gasteiger partial charge in [0.2, 0.25) is 0 Å². The van der Waals surface area contributed by atoms with E-state index in [4.69, 9.17) is 16.3 Å². The number of phenolic OH excluding ortho intramolecular Hbond substituents is 1. The van der Waals surface area contributed by atoms with Gasteiger partial charge in [-0.3, -0.25) is 9.59 Å². The lowest BCUT2D eigenvalue weighted by Crippen LogP contribution is -2.46. The minimum absolute atomic E-state index is 0.0781. The van der Waals surface area contributed by atoms with Crippen molar-refractivity contribution in [2.45, 2.75) is 13.0 Å². The molecular weight excluding hydrogens is 298 g/mol. The molecule has 1 amide bonds. The van der Waals surface area contributed by atoms with Gasteiger partial charge in [0, 0.05) is 12.1 Å². The van der Waals surface area contributed by atoms with Crippen molar-refractivity contribution in [1.82, 2.24) is 4.90 Å². The quantitative estimate of drug-likeness (QED) is 0.881. The fourth-order valence-corrected chi connectivity index (χ4v) is 2.60. The molecule has 2 N–H and O–H groups in total. The van der Waals surface area contributed by atoms with Crippen LogP contribution in [-0.4, -0.2) is 52.8 Å². The number of aliphatic carboxylic acids is 1. The molecule has 1 aromatic carbocycles. The third kappa shape index (κ3) is 3.11. The topological polar surface area (TPSA) is 87.1 Å². The van der Waals surface area contributed by atoms with Gasteiger partial charge >= 0.3 is 5.97 Å². The first-order valence-electron chi connectivity index (χ1n) is 6.55. The van der Waals surface area contributed by atoms with Crippen LogP contribution in [0.1, 0.15) is 17.3 Å². The maximum atomic E-state index is 12.5. The number of aromatic hydroxyl groups is 1. The van der Waals surface area contributed by atoms with Crippen molar-refractivity contribution < 1.29 is 24.5 Å². The fourth-order valence-electron chi connectivity index (χ4n) is 2.42. The number of amides is 1. The zero-order valence-electron chi connectivity index (χ0n) is 11.5. The van der Waals surface area contributed by atoms with E-state index in [0.717, 1.165) is 0 Å². The Balaban J connectivity index is 2.26. The van der Waals surface area contributed by atoms with Gasteiger partial charge in [-0.15, -0.1) is 0 Å². The molecule has 1 heterocycles. The molecule has 0 spiro atoms. The predicted molar refractivity (Wildman–Crippen MR) is 75.6 cm³/mol. The van der Waals surface area contributed by atoms with Crippen LogP contribution < -0.4 is 0 Å². The van der Waals surface area contributed by atoms with Gasteiger partial charge in [0.1, 0.15) is 11.7 Å². The lowest BCUT2D eigenvalue weighted by atomic mass is 10.0. The van der Waals surface area contributed by atoms with Crippen LogP contribution in [0.4, 0.5) is 0 Å². The molecule has 1 saturated heterocycles. The summed E-state index contributed by atoms with van der Waals surface area (Å²) >= 11 is 5.81. The highest BCUT2D eigenvalue weighted by atomic mass is 35.5. The molecule has 2 unspecified atom stereocenters. The number of carbonyl (C=O) groups is 2. The van der Waals surface area contributed by atoms with E-state index in [0.29, 0.717) is 12.1 Å². The first-order valence-corrected chi connectivity index (χ1v) is 6.93. The van der Waals surface area contributed by atoms with E-state index in [-0.39, 0.29) is 29.9 Å². The van der Waals surface area contributed by atoms with Gasteiger partial charge in [0.05, 0.1) is 24.3 Å². The average molecular weight is 314 g/mol. The molecule has 0 bridgehead atoms. The third-order valence-electron chi connectivity index (χ3n) is 3.56. The number of carbonyl (C=O) groups excluding carboxylic acids is 1. The molecule has 6 nitrogen and oxygen atoms in total. The summed E-state index contributed by atoms with van der Waals surface area (Å²) in [5.74, 6) is -2.15. The summed E-state index contributed by atoms with van der Waals surface area (Å²) in [5.41, 5.74) is 0.302. The summed E-state index contributed by atoms with van der Waals surface area (Å²) in [4.78, 5) is 25.2. The highest BCUT2D eigenvalue weighted by Gasteiger charge is 2.39. The van der Waals surface area contributed by atoms with Crippen molar-refractivity contribution in [2.24, 2.45) is 5.92 Å². The lowest BCUT2D eigenvalue weighted by molar-refractivity contribution is -0.142. The summed E-state index contributed by atoms with van der Waals surface area (Å²) < 4.78 is 5.20. The Kier molecular flexibility index (Phi) is 4.69. The molecule has 2 atom stereocenters. The average Bonchev–Trinajstić information content (AvgIpc) is 2.92. The molecule has 2 rings (SSSR count). The van der Waals surface area contributed by atoms with Crippen LogP contribution in [0.2, 0.25) is 5.02 Å². The van der Waals surface area contributed by atoms with Crippen molar-refractivity contribution in [3.63, 3.8) is 0 Å². The molecule has 1 aliphatic heterocycles. The maximum absolute atomic E-state index is 12.5. The smallest absolute Gasteiger partial charge is 0.311 e. The summed E-state index contributed by atoms with van der Waals surface area (Å²) in [6.07, 6.45) is 0. The summed E-state index contributed by atoms with van der Waals surface area (Å²) in [6.45, 7) is 2.43. The SMILES string of the molecule is CCN(C(=O)c1ccc(O)c(Cl)c1)C1COCC1C(=O)O. The van der Waals surface area contributed by atoms with Crippen LogP contribution in [0.5, 0.6) is 5.75 Å². The minimum Gasteiger partial charge on any atom is -0.506 e. The van der Waals surface area contributed by atoms with Gasteiger partial charge < -0.3 is 19.8 Å². The maximum Gasteiger partial charge on any atom is 0.311 e. The van der Waals surface area contributed by atoms with Crippen molar-refractivity contribution in [3.8, 4) is 5.75 Å². The first-order chi connectivity index (χ1) is 9.95.